The Morgan fingerprint density at radius 2 is 1.90 bits per heavy atom. The average Bonchev–Trinajstić information content (AvgIpc) is 3.46. The zero-order chi connectivity index (χ0) is 28.2. The van der Waals surface area contributed by atoms with Gasteiger partial charge in [0.2, 0.25) is 0 Å². The number of carbonyl (C=O) groups is 2. The lowest BCUT2D eigenvalue weighted by molar-refractivity contribution is -0.140. The van der Waals surface area contributed by atoms with Gasteiger partial charge in [-0.2, -0.15) is 0 Å². The summed E-state index contributed by atoms with van der Waals surface area (Å²) < 4.78 is 22.9. The monoisotopic (exact) mass is 548 g/mol. The summed E-state index contributed by atoms with van der Waals surface area (Å²) in [6, 6.07) is 9.93. The number of nitrogens with zero attached hydrogens (tertiary/aromatic N) is 2. The summed E-state index contributed by atoms with van der Waals surface area (Å²) in [6.45, 7) is 11.9. The van der Waals surface area contributed by atoms with Gasteiger partial charge in [0.1, 0.15) is 24.2 Å². The van der Waals surface area contributed by atoms with Gasteiger partial charge in [0, 0.05) is 38.2 Å². The van der Waals surface area contributed by atoms with Gasteiger partial charge in [-0.15, -0.1) is 0 Å². The molecule has 1 N–H and O–H groups in total. The number of aliphatic hydroxyl groups excluding tert-OH is 1. The first-order valence-electron chi connectivity index (χ1n) is 13.8. The van der Waals surface area contributed by atoms with E-state index in [4.69, 9.17) is 18.9 Å². The van der Waals surface area contributed by atoms with Gasteiger partial charge in [0.05, 0.1) is 31.4 Å². The van der Waals surface area contributed by atoms with E-state index in [9.17, 15) is 14.7 Å². The number of ether oxygens (including phenoxy) is 4. The molecule has 0 saturated carbocycles. The van der Waals surface area contributed by atoms with Gasteiger partial charge >= 0.3 is 0 Å². The van der Waals surface area contributed by atoms with E-state index in [0.29, 0.717) is 68.6 Å². The molecule has 0 aliphatic carbocycles. The molecule has 9 nitrogen and oxygen atoms in total. The number of rotatable bonds is 10. The highest BCUT2D eigenvalue weighted by Crippen LogP contribution is 2.42. The third-order valence-corrected chi connectivity index (χ3v) is 7.41. The Bertz CT molecular complexity index is 1310. The van der Waals surface area contributed by atoms with Crippen LogP contribution >= 0.6 is 0 Å². The topological polar surface area (TPSA) is 97.8 Å². The van der Waals surface area contributed by atoms with Crippen molar-refractivity contribution in [2.24, 2.45) is 0 Å². The molecule has 1 amide bonds. The smallest absolute Gasteiger partial charge is 0.295 e. The fraction of sp³-hybridized carbons (Fsp3) is 0.419. The number of carbonyl (C=O) groups excluding carboxylic acids is 2. The van der Waals surface area contributed by atoms with Crippen LogP contribution in [0.4, 0.5) is 0 Å². The molecule has 2 aromatic carbocycles. The first kappa shape index (κ1) is 27.7. The number of amides is 1. The maximum atomic E-state index is 13.5. The number of benzene rings is 2. The molecular weight excluding hydrogens is 512 g/mol. The Morgan fingerprint density at radius 3 is 2.65 bits per heavy atom. The van der Waals surface area contributed by atoms with Crippen LogP contribution in [-0.2, 0) is 20.7 Å². The maximum Gasteiger partial charge on any atom is 0.295 e. The predicted octanol–water partition coefficient (Wildman–Crippen LogP) is 3.73. The molecule has 0 bridgehead atoms. The van der Waals surface area contributed by atoms with Crippen molar-refractivity contribution in [3.05, 3.63) is 71.3 Å². The minimum atomic E-state index is -0.794. The highest BCUT2D eigenvalue weighted by Gasteiger charge is 2.46. The Balaban J connectivity index is 1.56. The minimum absolute atomic E-state index is 0.0389. The molecule has 3 aliphatic heterocycles. The van der Waals surface area contributed by atoms with Crippen molar-refractivity contribution in [1.82, 2.24) is 9.80 Å². The molecule has 0 unspecified atom stereocenters. The van der Waals surface area contributed by atoms with Crippen LogP contribution in [0.15, 0.2) is 54.6 Å². The van der Waals surface area contributed by atoms with Crippen LogP contribution < -0.4 is 14.2 Å². The van der Waals surface area contributed by atoms with Crippen LogP contribution in [0.1, 0.15) is 36.6 Å². The number of fused-ring (bicyclic) bond motifs is 1. The quantitative estimate of drug-likeness (QED) is 0.208. The summed E-state index contributed by atoms with van der Waals surface area (Å²) in [5, 5.41) is 11.6. The zero-order valence-corrected chi connectivity index (χ0v) is 23.1. The first-order valence-corrected chi connectivity index (χ1v) is 13.8. The molecular formula is C31H36N2O7. The number of ketones is 1. The lowest BCUT2D eigenvalue weighted by Gasteiger charge is -2.31. The third-order valence-electron chi connectivity index (χ3n) is 7.41. The molecule has 3 aliphatic rings. The second-order valence-corrected chi connectivity index (χ2v) is 10.1. The van der Waals surface area contributed by atoms with Crippen LogP contribution in [0.2, 0.25) is 0 Å². The van der Waals surface area contributed by atoms with Crippen LogP contribution in [0.3, 0.4) is 0 Å². The summed E-state index contributed by atoms with van der Waals surface area (Å²) in [5.41, 5.74) is 2.14. The Morgan fingerprint density at radius 1 is 1.10 bits per heavy atom. The van der Waals surface area contributed by atoms with Crippen molar-refractivity contribution >= 4 is 17.4 Å². The molecule has 2 aromatic rings. The average molecular weight is 549 g/mol. The van der Waals surface area contributed by atoms with E-state index >= 15 is 0 Å². The van der Waals surface area contributed by atoms with Crippen molar-refractivity contribution in [2.75, 3.05) is 52.6 Å². The van der Waals surface area contributed by atoms with Crippen LogP contribution in [0, 0.1) is 0 Å². The second-order valence-electron chi connectivity index (χ2n) is 10.1. The van der Waals surface area contributed by atoms with E-state index in [2.05, 4.69) is 11.5 Å². The van der Waals surface area contributed by atoms with E-state index in [1.54, 1.807) is 35.2 Å². The molecule has 5 rings (SSSR count). The molecule has 9 heteroatoms. The Hall–Kier alpha value is -3.82. The molecule has 0 spiro atoms. The van der Waals surface area contributed by atoms with E-state index in [-0.39, 0.29) is 17.4 Å². The van der Waals surface area contributed by atoms with Crippen molar-refractivity contribution in [2.45, 2.75) is 32.4 Å². The highest BCUT2D eigenvalue weighted by atomic mass is 16.5. The number of hydrogen-bond acceptors (Lipinski definition) is 8. The van der Waals surface area contributed by atoms with Gasteiger partial charge in [-0.05, 0) is 55.3 Å². The summed E-state index contributed by atoms with van der Waals surface area (Å²) in [6.07, 6.45) is 2.39. The second kappa shape index (κ2) is 12.1. The first-order chi connectivity index (χ1) is 19.4. The van der Waals surface area contributed by atoms with E-state index in [0.717, 1.165) is 24.4 Å². The van der Waals surface area contributed by atoms with Crippen molar-refractivity contribution < 1.29 is 33.6 Å². The van der Waals surface area contributed by atoms with Crippen LogP contribution in [0.25, 0.3) is 5.76 Å². The van der Waals surface area contributed by atoms with Crippen LogP contribution in [0.5, 0.6) is 17.2 Å². The Kier molecular flexibility index (Phi) is 8.42. The summed E-state index contributed by atoms with van der Waals surface area (Å²) in [4.78, 5) is 30.8. The number of morpholine rings is 1. The Labute approximate surface area is 234 Å². The van der Waals surface area contributed by atoms with Crippen LogP contribution in [-0.4, -0.2) is 85.3 Å². The van der Waals surface area contributed by atoms with Gasteiger partial charge in [-0.1, -0.05) is 18.7 Å². The summed E-state index contributed by atoms with van der Waals surface area (Å²) in [5.74, 6) is 0.239. The molecule has 212 valence electrons. The molecule has 2 atom stereocenters. The number of likely N-dealkylation sites (tertiary alicyclic amines) is 1. The van der Waals surface area contributed by atoms with E-state index in [1.807, 2.05) is 26.0 Å². The van der Waals surface area contributed by atoms with Gasteiger partial charge < -0.3 is 29.0 Å². The lowest BCUT2D eigenvalue weighted by Crippen LogP contribution is -2.42. The van der Waals surface area contributed by atoms with Gasteiger partial charge in [0.25, 0.3) is 11.7 Å². The third kappa shape index (κ3) is 5.57. The molecule has 0 radical (unpaired) electrons. The van der Waals surface area contributed by atoms with Crippen molar-refractivity contribution in [3.8, 4) is 17.2 Å². The summed E-state index contributed by atoms with van der Waals surface area (Å²) >= 11 is 0. The van der Waals surface area contributed by atoms with E-state index < -0.39 is 17.7 Å². The molecule has 40 heavy (non-hydrogen) atoms. The number of aliphatic hydroxyl groups is 1. The lowest BCUT2D eigenvalue weighted by atomic mass is 9.94. The normalized spacial score (nSPS) is 22.2. The minimum Gasteiger partial charge on any atom is -0.507 e. The maximum absolute atomic E-state index is 13.5. The fourth-order valence-corrected chi connectivity index (χ4v) is 5.49. The largest absolute Gasteiger partial charge is 0.507 e. The molecule has 3 heterocycles. The predicted molar refractivity (Wildman–Crippen MR) is 150 cm³/mol. The number of Topliss-reactive ketones (excluding diaryl/α,β-unsaturated/α-hetero) is 1. The molecule has 0 aromatic heterocycles. The van der Waals surface area contributed by atoms with Crippen molar-refractivity contribution in [3.63, 3.8) is 0 Å². The molecule has 2 fully saturated rings. The standard InChI is InChI=1S/C31H36N2O7/c1-4-14-39-25-9-6-21(19-26(25)38-5-2)28-27(29(34)22-7-8-24-23(18-22)17-20(3)40-24)30(35)31(36)33(28)11-10-32-12-15-37-16-13-32/h4,6-9,18-20,28,34H,1,5,10-17H2,2-3H3/b29-27+/t20-,28-/m0/s1. The van der Waals surface area contributed by atoms with Gasteiger partial charge in [0.15, 0.2) is 11.5 Å². The SMILES string of the molecule is C=CCOc1ccc([C@H]2/C(=C(\O)c3ccc4c(c3)C[C@H](C)O4)C(=O)C(=O)N2CCN2CCOCC2)cc1OCC. The number of hydrogen-bond donors (Lipinski definition) is 1. The van der Waals surface area contributed by atoms with Gasteiger partial charge in [-0.3, -0.25) is 14.5 Å². The fourth-order valence-electron chi connectivity index (χ4n) is 5.49. The molecule has 2 saturated heterocycles. The zero-order valence-electron chi connectivity index (χ0n) is 23.1. The van der Waals surface area contributed by atoms with Crippen molar-refractivity contribution in [1.29, 1.82) is 0 Å². The van der Waals surface area contributed by atoms with Gasteiger partial charge in [-0.25, -0.2) is 0 Å². The van der Waals surface area contributed by atoms with E-state index in [1.165, 1.54) is 0 Å². The highest BCUT2D eigenvalue weighted by molar-refractivity contribution is 6.46. The summed E-state index contributed by atoms with van der Waals surface area (Å²) in [7, 11) is 0.